The lowest BCUT2D eigenvalue weighted by Crippen LogP contribution is -2.52. The van der Waals surface area contributed by atoms with E-state index in [0.717, 1.165) is 44.9 Å². The summed E-state index contributed by atoms with van der Waals surface area (Å²) < 4.78 is 0. The molecule has 2 bridgehead atoms. The normalized spacial score (nSPS) is 36.5. The van der Waals surface area contributed by atoms with Crippen molar-refractivity contribution < 1.29 is 9.59 Å². The van der Waals surface area contributed by atoms with Crippen molar-refractivity contribution in [1.82, 2.24) is 4.90 Å². The highest BCUT2D eigenvalue weighted by molar-refractivity contribution is 5.86. The predicted octanol–water partition coefficient (Wildman–Crippen LogP) is 0.616. The highest BCUT2D eigenvalue weighted by atomic mass is 16.2. The maximum absolute atomic E-state index is 12.9. The second kappa shape index (κ2) is 5.35. The molecule has 3 rings (SSSR count). The van der Waals surface area contributed by atoms with Crippen LogP contribution in [0.15, 0.2) is 0 Å². The fourth-order valence-corrected chi connectivity index (χ4v) is 4.66. The van der Waals surface area contributed by atoms with Crippen LogP contribution in [0.1, 0.15) is 44.9 Å². The molecule has 3 aliphatic rings. The number of primary amides is 1. The minimum Gasteiger partial charge on any atom is -0.368 e. The van der Waals surface area contributed by atoms with Crippen molar-refractivity contribution in [3.05, 3.63) is 0 Å². The van der Waals surface area contributed by atoms with Gasteiger partial charge in [0.2, 0.25) is 11.8 Å². The molecule has 20 heavy (non-hydrogen) atoms. The Morgan fingerprint density at radius 2 is 1.70 bits per heavy atom. The van der Waals surface area contributed by atoms with E-state index < -0.39 is 5.91 Å². The van der Waals surface area contributed by atoms with Gasteiger partial charge in [-0.05, 0) is 43.9 Å². The third kappa shape index (κ3) is 2.32. The van der Waals surface area contributed by atoms with Gasteiger partial charge in [-0.2, -0.15) is 0 Å². The Labute approximate surface area is 120 Å². The van der Waals surface area contributed by atoms with E-state index >= 15 is 0 Å². The molecule has 3 aliphatic carbocycles. The lowest BCUT2D eigenvalue weighted by Gasteiger charge is -2.35. The third-order valence-electron chi connectivity index (χ3n) is 5.64. The zero-order chi connectivity index (χ0) is 14.3. The molecule has 0 spiro atoms. The number of nitrogens with zero attached hydrogens (tertiary/aromatic N) is 1. The van der Waals surface area contributed by atoms with E-state index in [0.29, 0.717) is 11.8 Å². The van der Waals surface area contributed by atoms with Gasteiger partial charge in [-0.3, -0.25) is 9.59 Å². The Morgan fingerprint density at radius 1 is 1.05 bits per heavy atom. The first kappa shape index (κ1) is 13.9. The molecule has 0 radical (unpaired) electrons. The molecule has 3 fully saturated rings. The van der Waals surface area contributed by atoms with Gasteiger partial charge in [0.05, 0.1) is 12.5 Å². The molecule has 0 aromatic rings. The molecule has 0 heterocycles. The van der Waals surface area contributed by atoms with E-state index in [2.05, 4.69) is 0 Å². The number of fused-ring (bicyclic) bond motifs is 2. The number of hydrogen-bond donors (Lipinski definition) is 2. The average molecular weight is 279 g/mol. The first-order valence-corrected chi connectivity index (χ1v) is 7.92. The Hall–Kier alpha value is -1.10. The predicted molar refractivity (Wildman–Crippen MR) is 75.5 cm³/mol. The van der Waals surface area contributed by atoms with Crippen molar-refractivity contribution in [2.45, 2.75) is 57.0 Å². The zero-order valence-corrected chi connectivity index (χ0v) is 12.0. The fraction of sp³-hybridized carbons (Fsp3) is 0.867. The Morgan fingerprint density at radius 3 is 2.25 bits per heavy atom. The summed E-state index contributed by atoms with van der Waals surface area (Å²) in [5.41, 5.74) is 11.6. The number of rotatable bonds is 4. The molecule has 4 N–H and O–H groups in total. The van der Waals surface area contributed by atoms with Crippen LogP contribution < -0.4 is 11.5 Å². The quantitative estimate of drug-likeness (QED) is 0.790. The molecular weight excluding hydrogens is 254 g/mol. The van der Waals surface area contributed by atoms with Gasteiger partial charge >= 0.3 is 0 Å². The fourth-order valence-electron chi connectivity index (χ4n) is 4.66. The van der Waals surface area contributed by atoms with Crippen molar-refractivity contribution in [1.29, 1.82) is 0 Å². The minimum absolute atomic E-state index is 0.0157. The van der Waals surface area contributed by atoms with Gasteiger partial charge < -0.3 is 16.4 Å². The smallest absolute Gasteiger partial charge is 0.237 e. The van der Waals surface area contributed by atoms with E-state index in [1.54, 1.807) is 4.90 Å². The summed E-state index contributed by atoms with van der Waals surface area (Å²) in [4.78, 5) is 26.0. The van der Waals surface area contributed by atoms with E-state index in [1.807, 2.05) is 0 Å². The highest BCUT2D eigenvalue weighted by Gasteiger charge is 2.50. The zero-order valence-electron chi connectivity index (χ0n) is 12.0. The largest absolute Gasteiger partial charge is 0.368 e. The van der Waals surface area contributed by atoms with E-state index in [-0.39, 0.29) is 30.5 Å². The monoisotopic (exact) mass is 279 g/mol. The number of carbonyl (C=O) groups excluding carboxylic acids is 2. The SMILES string of the molecule is NC(=O)CN(C(=O)C1C2CCC(C2)C1N)C1CCCC1. The molecule has 0 aromatic carbocycles. The summed E-state index contributed by atoms with van der Waals surface area (Å²) in [7, 11) is 0. The number of amides is 2. The molecule has 2 amide bonds. The number of nitrogens with two attached hydrogens (primary N) is 2. The molecule has 5 nitrogen and oxygen atoms in total. The van der Waals surface area contributed by atoms with Crippen LogP contribution in [0.2, 0.25) is 0 Å². The van der Waals surface area contributed by atoms with E-state index in [1.165, 1.54) is 0 Å². The lowest BCUT2D eigenvalue weighted by atomic mass is 9.83. The number of carbonyl (C=O) groups is 2. The Bertz CT molecular complexity index is 404. The number of hydrogen-bond acceptors (Lipinski definition) is 3. The van der Waals surface area contributed by atoms with E-state index in [9.17, 15) is 9.59 Å². The van der Waals surface area contributed by atoms with Crippen LogP contribution in [-0.4, -0.2) is 35.3 Å². The average Bonchev–Trinajstić information content (AvgIpc) is 3.11. The molecular formula is C15H25N3O2. The summed E-state index contributed by atoms with van der Waals surface area (Å²) in [6, 6.07) is 0.180. The molecule has 112 valence electrons. The molecule has 0 aliphatic heterocycles. The molecule has 4 unspecified atom stereocenters. The van der Waals surface area contributed by atoms with Crippen molar-refractivity contribution >= 4 is 11.8 Å². The van der Waals surface area contributed by atoms with Crippen LogP contribution in [0.25, 0.3) is 0 Å². The Balaban J connectivity index is 1.76. The van der Waals surface area contributed by atoms with Crippen LogP contribution in [0.3, 0.4) is 0 Å². The molecule has 4 atom stereocenters. The van der Waals surface area contributed by atoms with Crippen molar-refractivity contribution in [3.63, 3.8) is 0 Å². The highest BCUT2D eigenvalue weighted by Crippen LogP contribution is 2.48. The topological polar surface area (TPSA) is 89.4 Å². The second-order valence-corrected chi connectivity index (χ2v) is 6.81. The third-order valence-corrected chi connectivity index (χ3v) is 5.64. The van der Waals surface area contributed by atoms with Gasteiger partial charge in [-0.15, -0.1) is 0 Å². The first-order valence-electron chi connectivity index (χ1n) is 7.92. The molecule has 0 saturated heterocycles. The van der Waals surface area contributed by atoms with Gasteiger partial charge in [0.15, 0.2) is 0 Å². The molecule has 0 aromatic heterocycles. The maximum atomic E-state index is 12.9. The molecule has 3 saturated carbocycles. The van der Waals surface area contributed by atoms with Crippen molar-refractivity contribution in [3.8, 4) is 0 Å². The standard InChI is InChI=1S/C15H25N3O2/c16-12(19)8-18(11-3-1-2-4-11)15(20)13-9-5-6-10(7-9)14(13)17/h9-11,13-14H,1-8,17H2,(H2,16,19). The van der Waals surface area contributed by atoms with Crippen molar-refractivity contribution in [2.24, 2.45) is 29.2 Å². The minimum atomic E-state index is -0.415. The van der Waals surface area contributed by atoms with Crippen LogP contribution in [0.5, 0.6) is 0 Å². The van der Waals surface area contributed by atoms with Crippen LogP contribution >= 0.6 is 0 Å². The van der Waals surface area contributed by atoms with Gasteiger partial charge in [0.1, 0.15) is 0 Å². The summed E-state index contributed by atoms with van der Waals surface area (Å²) >= 11 is 0. The van der Waals surface area contributed by atoms with Crippen LogP contribution in [0.4, 0.5) is 0 Å². The van der Waals surface area contributed by atoms with Crippen LogP contribution in [-0.2, 0) is 9.59 Å². The molecule has 5 heteroatoms. The lowest BCUT2D eigenvalue weighted by molar-refractivity contribution is -0.143. The van der Waals surface area contributed by atoms with Gasteiger partial charge in [0, 0.05) is 12.1 Å². The van der Waals surface area contributed by atoms with Gasteiger partial charge in [-0.25, -0.2) is 0 Å². The summed E-state index contributed by atoms with van der Waals surface area (Å²) in [6.45, 7) is 0.0596. The summed E-state index contributed by atoms with van der Waals surface area (Å²) in [5, 5.41) is 0. The van der Waals surface area contributed by atoms with Gasteiger partial charge in [-0.1, -0.05) is 12.8 Å². The second-order valence-electron chi connectivity index (χ2n) is 6.81. The summed E-state index contributed by atoms with van der Waals surface area (Å²) in [6.07, 6.45) is 7.63. The van der Waals surface area contributed by atoms with Crippen LogP contribution in [0, 0.1) is 17.8 Å². The van der Waals surface area contributed by atoms with E-state index in [4.69, 9.17) is 11.5 Å². The maximum Gasteiger partial charge on any atom is 0.237 e. The van der Waals surface area contributed by atoms with Gasteiger partial charge in [0.25, 0.3) is 0 Å². The van der Waals surface area contributed by atoms with Crippen molar-refractivity contribution in [2.75, 3.05) is 6.54 Å². The Kier molecular flexibility index (Phi) is 3.71. The summed E-state index contributed by atoms with van der Waals surface area (Å²) in [5.74, 6) is 0.540. The first-order chi connectivity index (χ1) is 9.58.